The van der Waals surface area contributed by atoms with Crippen molar-refractivity contribution in [2.24, 2.45) is 0 Å². The van der Waals surface area contributed by atoms with Crippen molar-refractivity contribution in [3.63, 3.8) is 0 Å². The van der Waals surface area contributed by atoms with Crippen LogP contribution in [-0.4, -0.2) is 46.5 Å². The first-order valence-electron chi connectivity index (χ1n) is 8.16. The van der Waals surface area contributed by atoms with Gasteiger partial charge in [-0.05, 0) is 45.3 Å². The van der Waals surface area contributed by atoms with Crippen LogP contribution in [0.4, 0.5) is 23.9 Å². The van der Waals surface area contributed by atoms with Crippen molar-refractivity contribution in [3.8, 4) is 0 Å². The van der Waals surface area contributed by atoms with E-state index in [1.807, 2.05) is 0 Å². The summed E-state index contributed by atoms with van der Waals surface area (Å²) in [4.78, 5) is 18.2. The lowest BCUT2D eigenvalue weighted by Gasteiger charge is -2.32. The summed E-state index contributed by atoms with van der Waals surface area (Å²) in [5.74, 6) is -0.214. The third-order valence-electron chi connectivity index (χ3n) is 5.04. The lowest BCUT2D eigenvalue weighted by molar-refractivity contribution is -0.136. The van der Waals surface area contributed by atoms with E-state index in [-0.39, 0.29) is 22.4 Å². The molecule has 1 amide bonds. The Morgan fingerprint density at radius 1 is 1.22 bits per heavy atom. The number of halogens is 3. The van der Waals surface area contributed by atoms with Gasteiger partial charge >= 0.3 is 19.4 Å². The van der Waals surface area contributed by atoms with Crippen molar-refractivity contribution in [2.75, 3.05) is 11.9 Å². The number of carbonyl (C=O) groups is 1. The molecule has 2 aromatic rings. The van der Waals surface area contributed by atoms with Gasteiger partial charge in [0.25, 0.3) is 0 Å². The molecule has 0 atom stereocenters. The molecule has 27 heavy (non-hydrogen) atoms. The monoisotopic (exact) mass is 385 g/mol. The number of hydrogen-bond acceptors (Lipinski definition) is 4. The van der Waals surface area contributed by atoms with E-state index in [0.29, 0.717) is 4.90 Å². The fourth-order valence-electron chi connectivity index (χ4n) is 2.71. The number of nitrogens with one attached hydrogen (secondary N) is 1. The maximum Gasteiger partial charge on any atom is 0.494 e. The Bertz CT molecular complexity index is 894. The van der Waals surface area contributed by atoms with Gasteiger partial charge in [-0.1, -0.05) is 0 Å². The van der Waals surface area contributed by atoms with Crippen molar-refractivity contribution in [3.05, 3.63) is 17.7 Å². The zero-order chi connectivity index (χ0) is 20.4. The highest BCUT2D eigenvalue weighted by molar-refractivity contribution is 6.62. The van der Waals surface area contributed by atoms with Crippen molar-refractivity contribution < 1.29 is 32.4 Å². The molecule has 2 N–H and O–H groups in total. The quantitative estimate of drug-likeness (QED) is 0.777. The number of rotatable bonds is 2. The van der Waals surface area contributed by atoms with Gasteiger partial charge in [0.1, 0.15) is 0 Å². The molecule has 2 heterocycles. The molecule has 7 nitrogen and oxygen atoms in total. The Balaban J connectivity index is 2.15. The zero-order valence-corrected chi connectivity index (χ0v) is 15.4. The van der Waals surface area contributed by atoms with Crippen LogP contribution < -0.4 is 10.4 Å². The number of imidazole rings is 1. The van der Waals surface area contributed by atoms with Gasteiger partial charge in [-0.3, -0.25) is 4.90 Å². The molecule has 3 rings (SSSR count). The van der Waals surface area contributed by atoms with Crippen molar-refractivity contribution in [1.29, 1.82) is 0 Å². The smallest absolute Gasteiger partial charge is 0.465 e. The van der Waals surface area contributed by atoms with E-state index in [4.69, 9.17) is 14.4 Å². The first-order chi connectivity index (χ1) is 12.2. The highest BCUT2D eigenvalue weighted by atomic mass is 19.4. The normalized spacial score (nSPS) is 18.9. The van der Waals surface area contributed by atoms with Gasteiger partial charge in [0.2, 0.25) is 5.95 Å². The molecule has 0 bridgehead atoms. The fourth-order valence-corrected chi connectivity index (χ4v) is 2.71. The molecule has 0 saturated carbocycles. The Morgan fingerprint density at radius 2 is 1.78 bits per heavy atom. The van der Waals surface area contributed by atoms with Crippen LogP contribution in [0.25, 0.3) is 11.0 Å². The molecule has 1 aromatic carbocycles. The average Bonchev–Trinajstić information content (AvgIpc) is 3.02. The predicted molar refractivity (Wildman–Crippen MR) is 93.2 cm³/mol. The van der Waals surface area contributed by atoms with E-state index in [2.05, 4.69) is 9.97 Å². The SMILES string of the molecule is CN(C(=O)O)c1nc2cc(B3OC(C)(C)C(C)(C)O3)cc(C(F)(F)F)c2[nH]1. The number of alkyl halides is 3. The van der Waals surface area contributed by atoms with Crippen LogP contribution >= 0.6 is 0 Å². The summed E-state index contributed by atoms with van der Waals surface area (Å²) in [5, 5.41) is 9.04. The second-order valence-corrected chi connectivity index (χ2v) is 7.45. The maximum atomic E-state index is 13.6. The van der Waals surface area contributed by atoms with Crippen LogP contribution in [0.2, 0.25) is 0 Å². The Hall–Kier alpha value is -2.27. The number of aromatic nitrogens is 2. The second-order valence-electron chi connectivity index (χ2n) is 7.45. The van der Waals surface area contributed by atoms with Crippen LogP contribution in [0, 0.1) is 0 Å². The highest BCUT2D eigenvalue weighted by Gasteiger charge is 2.52. The number of anilines is 1. The van der Waals surface area contributed by atoms with Gasteiger partial charge in [0, 0.05) is 7.05 Å². The Kier molecular flexibility index (Phi) is 4.23. The van der Waals surface area contributed by atoms with E-state index in [1.165, 1.54) is 13.1 Å². The number of aromatic amines is 1. The predicted octanol–water partition coefficient (Wildman–Crippen LogP) is 3.00. The van der Waals surface area contributed by atoms with Crippen LogP contribution in [0.1, 0.15) is 33.3 Å². The lowest BCUT2D eigenvalue weighted by Crippen LogP contribution is -2.41. The fraction of sp³-hybridized carbons (Fsp3) is 0.500. The van der Waals surface area contributed by atoms with E-state index in [0.717, 1.165) is 6.07 Å². The summed E-state index contributed by atoms with van der Waals surface area (Å²) in [7, 11) is 0.181. The third-order valence-corrected chi connectivity index (χ3v) is 5.04. The third kappa shape index (κ3) is 3.25. The second kappa shape index (κ2) is 5.87. The Labute approximate surface area is 153 Å². The average molecular weight is 385 g/mol. The molecule has 1 saturated heterocycles. The number of fused-ring (bicyclic) bond motifs is 1. The molecule has 11 heteroatoms. The van der Waals surface area contributed by atoms with E-state index < -0.39 is 36.2 Å². The summed E-state index contributed by atoms with van der Waals surface area (Å²) in [6, 6.07) is 2.34. The molecule has 0 spiro atoms. The molecular weight excluding hydrogens is 366 g/mol. The number of nitrogens with zero attached hydrogens (tertiary/aromatic N) is 2. The van der Waals surface area contributed by atoms with E-state index in [9.17, 15) is 18.0 Å². The first kappa shape index (κ1) is 19.5. The van der Waals surface area contributed by atoms with Gasteiger partial charge < -0.3 is 19.4 Å². The van der Waals surface area contributed by atoms with E-state index >= 15 is 0 Å². The number of benzene rings is 1. The minimum Gasteiger partial charge on any atom is -0.465 e. The molecule has 1 aliphatic heterocycles. The molecule has 0 radical (unpaired) electrons. The first-order valence-corrected chi connectivity index (χ1v) is 8.16. The summed E-state index contributed by atoms with van der Waals surface area (Å²) >= 11 is 0. The maximum absolute atomic E-state index is 13.6. The van der Waals surface area contributed by atoms with Crippen LogP contribution in [-0.2, 0) is 15.5 Å². The van der Waals surface area contributed by atoms with Crippen LogP contribution in [0.15, 0.2) is 12.1 Å². The Morgan fingerprint density at radius 3 is 2.26 bits per heavy atom. The molecule has 1 fully saturated rings. The standard InChI is InChI=1S/C16H19BF3N3O4/c1-14(2)15(3,4)27-17(26-14)8-6-9(16(18,19)20)11-10(7-8)21-12(22-11)23(5)13(24)25/h6-7H,1-5H3,(H,21,22)(H,24,25). The highest BCUT2D eigenvalue weighted by Crippen LogP contribution is 2.38. The molecular formula is C16H19BF3N3O4. The topological polar surface area (TPSA) is 87.7 Å². The summed E-state index contributed by atoms with van der Waals surface area (Å²) in [6.07, 6.45) is -6.03. The van der Waals surface area contributed by atoms with Gasteiger partial charge in [0.15, 0.2) is 0 Å². The number of amides is 1. The van der Waals surface area contributed by atoms with Crippen molar-refractivity contribution in [1.82, 2.24) is 9.97 Å². The van der Waals surface area contributed by atoms with Gasteiger partial charge in [-0.25, -0.2) is 9.78 Å². The molecule has 1 aliphatic rings. The summed E-state index contributed by atoms with van der Waals surface area (Å²) in [5.41, 5.74) is -2.58. The van der Waals surface area contributed by atoms with Crippen molar-refractivity contribution in [2.45, 2.75) is 45.1 Å². The number of hydrogen-bond donors (Lipinski definition) is 2. The molecule has 146 valence electrons. The molecule has 0 aliphatic carbocycles. The largest absolute Gasteiger partial charge is 0.494 e. The van der Waals surface area contributed by atoms with Gasteiger partial charge in [-0.2, -0.15) is 13.2 Å². The molecule has 1 aromatic heterocycles. The van der Waals surface area contributed by atoms with Gasteiger partial charge in [0.05, 0.1) is 27.8 Å². The molecule has 0 unspecified atom stereocenters. The van der Waals surface area contributed by atoms with Crippen molar-refractivity contribution >= 4 is 35.7 Å². The number of carboxylic acid groups (broad SMARTS) is 1. The minimum atomic E-state index is -4.68. The minimum absolute atomic E-state index is 0.0300. The summed E-state index contributed by atoms with van der Waals surface area (Å²) in [6.45, 7) is 7.19. The lowest BCUT2D eigenvalue weighted by atomic mass is 9.78. The summed E-state index contributed by atoms with van der Waals surface area (Å²) < 4.78 is 52.4. The zero-order valence-electron chi connectivity index (χ0n) is 15.4. The van der Waals surface area contributed by atoms with Crippen LogP contribution in [0.5, 0.6) is 0 Å². The van der Waals surface area contributed by atoms with E-state index in [1.54, 1.807) is 27.7 Å². The van der Waals surface area contributed by atoms with Gasteiger partial charge in [-0.15, -0.1) is 0 Å². The number of H-pyrrole nitrogens is 1. The van der Waals surface area contributed by atoms with Crippen LogP contribution in [0.3, 0.4) is 0 Å².